The highest BCUT2D eigenvalue weighted by atomic mass is 16.5. The fourth-order valence-corrected chi connectivity index (χ4v) is 4.97. The number of nitrogens with zero attached hydrogens (tertiary/aromatic N) is 2. The molecule has 4 rings (SSSR count). The number of hydrogen-bond donors (Lipinski definition) is 0. The molecular formula is C26H32N2O5. The maximum atomic E-state index is 13.8. The Morgan fingerprint density at radius 3 is 2.00 bits per heavy atom. The zero-order valence-electron chi connectivity index (χ0n) is 19.7. The smallest absolute Gasteiger partial charge is 0.228 e. The van der Waals surface area contributed by atoms with E-state index < -0.39 is 6.04 Å². The zero-order chi connectivity index (χ0) is 23.5. The standard InChI is InChI=1S/C26H32N2O5/c1-17-15-27(16-18(2)33-17)26(30)23-13-14-24(29)28(20-7-11-22(32-4)12-8-20)25(23)19-5-9-21(31-3)10-6-19/h5-12,17-18,23,25H,13-16H2,1-4H3/t17-,18+,23-,25+/m0/s1. The minimum atomic E-state index is -0.411. The van der Waals surface area contributed by atoms with Crippen LogP contribution in [0.15, 0.2) is 48.5 Å². The predicted molar refractivity (Wildman–Crippen MR) is 126 cm³/mol. The van der Waals surface area contributed by atoms with Crippen LogP contribution in [0.5, 0.6) is 11.5 Å². The molecule has 33 heavy (non-hydrogen) atoms. The number of amides is 2. The molecule has 0 bridgehead atoms. The molecule has 7 nitrogen and oxygen atoms in total. The van der Waals surface area contributed by atoms with E-state index in [9.17, 15) is 9.59 Å². The molecule has 0 aromatic heterocycles. The highest BCUT2D eigenvalue weighted by molar-refractivity contribution is 5.97. The molecule has 2 aliphatic heterocycles. The zero-order valence-corrected chi connectivity index (χ0v) is 19.7. The largest absolute Gasteiger partial charge is 0.497 e. The van der Waals surface area contributed by atoms with Crippen LogP contribution in [-0.4, -0.2) is 56.2 Å². The number of rotatable bonds is 5. The Morgan fingerprint density at radius 2 is 1.45 bits per heavy atom. The van der Waals surface area contributed by atoms with Crippen molar-refractivity contribution in [2.24, 2.45) is 5.92 Å². The van der Waals surface area contributed by atoms with E-state index in [1.54, 1.807) is 19.1 Å². The van der Waals surface area contributed by atoms with E-state index in [1.165, 1.54) is 0 Å². The highest BCUT2D eigenvalue weighted by Crippen LogP contribution is 2.41. The molecule has 4 atom stereocenters. The lowest BCUT2D eigenvalue weighted by Crippen LogP contribution is -2.54. The average molecular weight is 453 g/mol. The van der Waals surface area contributed by atoms with E-state index in [-0.39, 0.29) is 29.9 Å². The first-order chi connectivity index (χ1) is 15.9. The molecule has 0 saturated carbocycles. The van der Waals surface area contributed by atoms with Crippen LogP contribution >= 0.6 is 0 Å². The molecular weight excluding hydrogens is 420 g/mol. The van der Waals surface area contributed by atoms with Gasteiger partial charge in [0.05, 0.1) is 38.4 Å². The molecule has 2 saturated heterocycles. The molecule has 0 unspecified atom stereocenters. The van der Waals surface area contributed by atoms with Gasteiger partial charge >= 0.3 is 0 Å². The molecule has 2 heterocycles. The summed E-state index contributed by atoms with van der Waals surface area (Å²) in [5, 5.41) is 0. The molecule has 7 heteroatoms. The molecule has 0 aliphatic carbocycles. The number of morpholine rings is 1. The second-order valence-electron chi connectivity index (χ2n) is 8.83. The Kier molecular flexibility index (Phi) is 6.88. The summed E-state index contributed by atoms with van der Waals surface area (Å²) < 4.78 is 16.4. The van der Waals surface area contributed by atoms with Gasteiger partial charge < -0.3 is 24.0 Å². The molecule has 2 aromatic rings. The summed E-state index contributed by atoms with van der Waals surface area (Å²) >= 11 is 0. The molecule has 0 N–H and O–H groups in total. The Hall–Kier alpha value is -3.06. The van der Waals surface area contributed by atoms with Crippen molar-refractivity contribution in [3.63, 3.8) is 0 Å². The van der Waals surface area contributed by atoms with Crippen LogP contribution in [0.2, 0.25) is 0 Å². The van der Waals surface area contributed by atoms with E-state index >= 15 is 0 Å². The van der Waals surface area contributed by atoms with Gasteiger partial charge in [-0.15, -0.1) is 0 Å². The first-order valence-corrected chi connectivity index (χ1v) is 11.5. The van der Waals surface area contributed by atoms with Crippen LogP contribution in [0, 0.1) is 5.92 Å². The lowest BCUT2D eigenvalue weighted by atomic mass is 9.82. The fraction of sp³-hybridized carbons (Fsp3) is 0.462. The van der Waals surface area contributed by atoms with E-state index in [2.05, 4.69) is 0 Å². The topological polar surface area (TPSA) is 68.3 Å². The van der Waals surface area contributed by atoms with Crippen LogP contribution in [0.4, 0.5) is 5.69 Å². The third-order valence-corrected chi connectivity index (χ3v) is 6.45. The van der Waals surface area contributed by atoms with Crippen molar-refractivity contribution < 1.29 is 23.8 Å². The van der Waals surface area contributed by atoms with Crippen LogP contribution in [0.25, 0.3) is 0 Å². The van der Waals surface area contributed by atoms with Crippen LogP contribution < -0.4 is 14.4 Å². The van der Waals surface area contributed by atoms with Gasteiger partial charge in [-0.3, -0.25) is 9.59 Å². The maximum absolute atomic E-state index is 13.8. The fourth-order valence-electron chi connectivity index (χ4n) is 4.97. The second kappa shape index (κ2) is 9.83. The number of methoxy groups -OCH3 is 2. The van der Waals surface area contributed by atoms with Crippen molar-refractivity contribution in [2.75, 3.05) is 32.2 Å². The molecule has 2 fully saturated rings. The SMILES string of the molecule is COc1ccc([C@@H]2[C@@H](C(=O)N3C[C@@H](C)O[C@@H](C)C3)CCC(=O)N2c2ccc(OC)cc2)cc1. The Balaban J connectivity index is 1.73. The summed E-state index contributed by atoms with van der Waals surface area (Å²) in [6, 6.07) is 14.7. The lowest BCUT2D eigenvalue weighted by Gasteiger charge is -2.44. The van der Waals surface area contributed by atoms with Gasteiger partial charge in [0.25, 0.3) is 0 Å². The third kappa shape index (κ3) is 4.83. The Bertz CT molecular complexity index is 965. The van der Waals surface area contributed by atoms with Crippen molar-refractivity contribution in [2.45, 2.75) is 44.9 Å². The molecule has 2 aliphatic rings. The molecule has 0 radical (unpaired) electrons. The summed E-state index contributed by atoms with van der Waals surface area (Å²) in [4.78, 5) is 30.7. The van der Waals surface area contributed by atoms with Crippen LogP contribution in [0.3, 0.4) is 0 Å². The van der Waals surface area contributed by atoms with Gasteiger partial charge in [0.15, 0.2) is 0 Å². The van der Waals surface area contributed by atoms with E-state index in [0.29, 0.717) is 31.7 Å². The number of anilines is 1. The summed E-state index contributed by atoms with van der Waals surface area (Å²) in [7, 11) is 3.23. The van der Waals surface area contributed by atoms with Gasteiger partial charge in [-0.1, -0.05) is 12.1 Å². The number of carbonyl (C=O) groups excluding carboxylic acids is 2. The second-order valence-corrected chi connectivity index (χ2v) is 8.83. The maximum Gasteiger partial charge on any atom is 0.228 e. The first-order valence-electron chi connectivity index (χ1n) is 11.5. The van der Waals surface area contributed by atoms with Gasteiger partial charge in [0, 0.05) is 25.2 Å². The minimum absolute atomic E-state index is 0.00810. The van der Waals surface area contributed by atoms with E-state index in [0.717, 1.165) is 17.0 Å². The van der Waals surface area contributed by atoms with Crippen molar-refractivity contribution in [3.05, 3.63) is 54.1 Å². The van der Waals surface area contributed by atoms with Gasteiger partial charge in [0.2, 0.25) is 11.8 Å². The molecule has 0 spiro atoms. The van der Waals surface area contributed by atoms with Gasteiger partial charge in [-0.2, -0.15) is 0 Å². The summed E-state index contributed by atoms with van der Waals surface area (Å²) in [5.74, 6) is 1.18. The Labute approximate surface area is 195 Å². The minimum Gasteiger partial charge on any atom is -0.497 e. The molecule has 2 aromatic carbocycles. The van der Waals surface area contributed by atoms with Gasteiger partial charge in [0.1, 0.15) is 11.5 Å². The first kappa shape index (κ1) is 23.1. The highest BCUT2D eigenvalue weighted by Gasteiger charge is 2.43. The van der Waals surface area contributed by atoms with Gasteiger partial charge in [-0.05, 0) is 62.2 Å². The summed E-state index contributed by atoms with van der Waals surface area (Å²) in [6.45, 7) is 5.10. The number of ether oxygens (including phenoxy) is 3. The monoisotopic (exact) mass is 452 g/mol. The summed E-state index contributed by atoms with van der Waals surface area (Å²) in [5.41, 5.74) is 1.66. The van der Waals surface area contributed by atoms with E-state index in [4.69, 9.17) is 14.2 Å². The van der Waals surface area contributed by atoms with E-state index in [1.807, 2.05) is 67.3 Å². The third-order valence-electron chi connectivity index (χ3n) is 6.45. The van der Waals surface area contributed by atoms with Gasteiger partial charge in [-0.25, -0.2) is 0 Å². The van der Waals surface area contributed by atoms with Crippen LogP contribution in [-0.2, 0) is 14.3 Å². The summed E-state index contributed by atoms with van der Waals surface area (Å²) in [6.07, 6.45) is 0.811. The van der Waals surface area contributed by atoms with Crippen LogP contribution in [0.1, 0.15) is 38.3 Å². The number of piperidine rings is 1. The predicted octanol–water partition coefficient (Wildman–Crippen LogP) is 3.82. The number of hydrogen-bond acceptors (Lipinski definition) is 5. The number of benzene rings is 2. The Morgan fingerprint density at radius 1 is 0.909 bits per heavy atom. The van der Waals surface area contributed by atoms with Crippen molar-refractivity contribution in [1.82, 2.24) is 4.90 Å². The quantitative estimate of drug-likeness (QED) is 0.690. The average Bonchev–Trinajstić information content (AvgIpc) is 2.83. The molecule has 2 amide bonds. The van der Waals surface area contributed by atoms with Crippen molar-refractivity contribution >= 4 is 17.5 Å². The normalized spacial score (nSPS) is 25.6. The number of carbonyl (C=O) groups is 2. The molecule has 176 valence electrons. The van der Waals surface area contributed by atoms with Crippen molar-refractivity contribution in [1.29, 1.82) is 0 Å². The van der Waals surface area contributed by atoms with Crippen molar-refractivity contribution in [3.8, 4) is 11.5 Å². The lowest BCUT2D eigenvalue weighted by molar-refractivity contribution is -0.149.